The molecule has 0 N–H and O–H groups in total. The van der Waals surface area contributed by atoms with Crippen LogP contribution in [0.1, 0.15) is 33.4 Å². The second-order valence-electron chi connectivity index (χ2n) is 32.0. The number of anilines is 12. The largest absolute Gasteiger partial charge is 0.310 e. The van der Waals surface area contributed by atoms with Crippen LogP contribution in [0.25, 0.3) is 145 Å². The van der Waals surface area contributed by atoms with Crippen molar-refractivity contribution in [2.75, 3.05) is 19.6 Å². The first-order chi connectivity index (χ1) is 57.9. The Morgan fingerprint density at radius 1 is 0.153 bits per heavy atom. The van der Waals surface area contributed by atoms with Gasteiger partial charge in [0.25, 0.3) is 0 Å². The number of hydrogen-bond acceptors (Lipinski definition) is 8. The van der Waals surface area contributed by atoms with Gasteiger partial charge in [0.1, 0.15) is 0 Å². The van der Waals surface area contributed by atoms with Gasteiger partial charge in [0.2, 0.25) is 0 Å². The van der Waals surface area contributed by atoms with Gasteiger partial charge in [0, 0.05) is 148 Å². The molecule has 0 saturated carbocycles. The Balaban J connectivity index is 0.000000138. The average molecular weight is 1580 g/mol. The van der Waals surface area contributed by atoms with E-state index >= 15 is 0 Å². The lowest BCUT2D eigenvalue weighted by atomic mass is 9.91. The summed E-state index contributed by atoms with van der Waals surface area (Å²) in [5.41, 5.74) is 21.4. The third-order valence-electron chi connectivity index (χ3n) is 24.1. The molecule has 0 aliphatic carbocycles. The highest BCUT2D eigenvalue weighted by Gasteiger charge is 2.27. The van der Waals surface area contributed by atoms with Gasteiger partial charge in [-0.15, -0.1) is 45.3 Å². The van der Waals surface area contributed by atoms with Crippen molar-refractivity contribution < 1.29 is 0 Å². The summed E-state index contributed by atoms with van der Waals surface area (Å²) in [7, 11) is 0. The molecule has 8 heteroatoms. The third-order valence-corrected chi connectivity index (χ3v) is 28.7. The first kappa shape index (κ1) is 70.0. The maximum absolute atomic E-state index is 2.49. The molecule has 0 spiro atoms. The molecule has 24 rings (SSSR count). The van der Waals surface area contributed by atoms with Crippen LogP contribution in [0, 0.1) is 41.5 Å². The van der Waals surface area contributed by atoms with Crippen LogP contribution in [-0.2, 0) is 0 Å². The van der Waals surface area contributed by atoms with Gasteiger partial charge in [-0.3, -0.25) is 0 Å². The summed E-state index contributed by atoms with van der Waals surface area (Å²) in [5, 5.41) is 25.5. The van der Waals surface area contributed by atoms with Crippen LogP contribution < -0.4 is 19.6 Å². The minimum Gasteiger partial charge on any atom is -0.310 e. The van der Waals surface area contributed by atoms with Crippen LogP contribution in [0.15, 0.2) is 352 Å². The Labute approximate surface area is 699 Å². The van der Waals surface area contributed by atoms with Crippen molar-refractivity contribution in [2.24, 2.45) is 0 Å². The molecular weight excluding hydrogens is 1510 g/mol. The molecule has 118 heavy (non-hydrogen) atoms. The molecule has 0 unspecified atom stereocenters. The van der Waals surface area contributed by atoms with Crippen LogP contribution >= 0.6 is 45.3 Å². The van der Waals surface area contributed by atoms with Crippen LogP contribution in [0.3, 0.4) is 0 Å². The molecular formula is C110H76N4S4. The van der Waals surface area contributed by atoms with Crippen molar-refractivity contribution in [2.45, 2.75) is 41.5 Å². The van der Waals surface area contributed by atoms with E-state index in [1.165, 1.54) is 213 Å². The highest BCUT2D eigenvalue weighted by Crippen LogP contribution is 2.54. The van der Waals surface area contributed by atoms with Gasteiger partial charge in [-0.25, -0.2) is 0 Å². The summed E-state index contributed by atoms with van der Waals surface area (Å²) < 4.78 is 10.5. The highest BCUT2D eigenvalue weighted by atomic mass is 32.1. The van der Waals surface area contributed by atoms with Gasteiger partial charge in [0.15, 0.2) is 0 Å². The zero-order valence-corrected chi connectivity index (χ0v) is 69.2. The summed E-state index contributed by atoms with van der Waals surface area (Å²) >= 11 is 7.46. The van der Waals surface area contributed by atoms with Crippen molar-refractivity contribution in [1.82, 2.24) is 0 Å². The van der Waals surface area contributed by atoms with Crippen molar-refractivity contribution >= 4 is 259 Å². The van der Waals surface area contributed by atoms with E-state index in [4.69, 9.17) is 0 Å². The number of benzene rings is 20. The van der Waals surface area contributed by atoms with Crippen LogP contribution in [0.2, 0.25) is 0 Å². The molecule has 0 aliphatic heterocycles. The van der Waals surface area contributed by atoms with Gasteiger partial charge >= 0.3 is 0 Å². The molecule has 0 amide bonds. The summed E-state index contributed by atoms with van der Waals surface area (Å²) in [5.74, 6) is 0. The van der Waals surface area contributed by atoms with E-state index in [0.29, 0.717) is 0 Å². The fourth-order valence-corrected chi connectivity index (χ4v) is 23.5. The van der Waals surface area contributed by atoms with E-state index in [9.17, 15) is 0 Å². The van der Waals surface area contributed by atoms with Crippen molar-refractivity contribution in [3.05, 3.63) is 385 Å². The van der Waals surface area contributed by atoms with Crippen molar-refractivity contribution in [3.63, 3.8) is 0 Å². The van der Waals surface area contributed by atoms with Crippen molar-refractivity contribution in [1.29, 1.82) is 0 Å². The van der Waals surface area contributed by atoms with Gasteiger partial charge in [-0.05, 0) is 288 Å². The zero-order valence-electron chi connectivity index (χ0n) is 65.9. The molecule has 560 valence electrons. The van der Waals surface area contributed by atoms with Gasteiger partial charge in [-0.2, -0.15) is 0 Å². The monoisotopic (exact) mass is 1580 g/mol. The molecule has 20 aromatic carbocycles. The van der Waals surface area contributed by atoms with Gasteiger partial charge in [-0.1, -0.05) is 182 Å². The number of thiophene rings is 4. The van der Waals surface area contributed by atoms with E-state index in [-0.39, 0.29) is 0 Å². The Morgan fingerprint density at radius 3 is 0.653 bits per heavy atom. The Kier molecular flexibility index (Phi) is 16.4. The second kappa shape index (κ2) is 27.6. The summed E-state index contributed by atoms with van der Waals surface area (Å²) in [6, 6.07) is 132. The van der Waals surface area contributed by atoms with Crippen molar-refractivity contribution in [3.8, 4) is 0 Å². The fraction of sp³-hybridized carbons (Fsp3) is 0.0545. The molecule has 0 atom stereocenters. The number of nitrogens with zero attached hydrogens (tertiary/aromatic N) is 4. The predicted octanol–water partition coefficient (Wildman–Crippen LogP) is 34.4. The zero-order chi connectivity index (χ0) is 78.7. The molecule has 4 aromatic heterocycles. The van der Waals surface area contributed by atoms with E-state index in [2.05, 4.69) is 413 Å². The molecule has 0 radical (unpaired) electrons. The molecule has 0 aliphatic rings. The second-order valence-corrected chi connectivity index (χ2v) is 36.3. The molecule has 4 nitrogen and oxygen atoms in total. The molecule has 4 heterocycles. The fourth-order valence-electron chi connectivity index (χ4n) is 19.1. The molecule has 24 aromatic rings. The smallest absolute Gasteiger partial charge is 0.0540 e. The Bertz CT molecular complexity index is 7700. The molecule has 0 bridgehead atoms. The first-order valence-electron chi connectivity index (χ1n) is 40.5. The summed E-state index contributed by atoms with van der Waals surface area (Å²) in [6.07, 6.45) is 0. The first-order valence-corrected chi connectivity index (χ1v) is 43.7. The third kappa shape index (κ3) is 11.6. The number of aryl methyl sites for hydroxylation is 6. The maximum atomic E-state index is 2.49. The standard InChI is InChI=1S/C56H40N2S2.C54H36N2S2/c1-33-25-34(2)28-41(27-33)57(39-17-23-53-47(31-39)43-9-5-7-11-51(43)59-53)49-21-15-37-14-20-46-50(22-16-38-13-19-45(49)55(37)56(38)46)58(42-29-35(3)26-36(4)30-42)40-18-24-54-48(32-40)44-10-6-8-12-52(44)60-54;1-33-9-7-11-37(29-33)55(39-21-27-51-45(31-39)41-13-3-5-15-49(41)57-51)47-25-19-35-18-24-44-48(26-20-36-17-23-43(47)53(35)54(36)44)56(38-12-8-10-34(2)30-38)40-22-28-52-46(32-40)42-14-4-6-16-50(42)58-52/h5-32H,1-4H3;3-32H,1-2H3. The molecule has 0 fully saturated rings. The summed E-state index contributed by atoms with van der Waals surface area (Å²) in [6.45, 7) is 13.2. The Morgan fingerprint density at radius 2 is 0.381 bits per heavy atom. The lowest BCUT2D eigenvalue weighted by Gasteiger charge is -2.30. The van der Waals surface area contributed by atoms with Gasteiger partial charge in [0.05, 0.1) is 22.7 Å². The highest BCUT2D eigenvalue weighted by molar-refractivity contribution is 7.27. The van der Waals surface area contributed by atoms with E-state index in [0.717, 1.165) is 34.1 Å². The summed E-state index contributed by atoms with van der Waals surface area (Å²) in [4.78, 5) is 9.90. The normalized spacial score (nSPS) is 12.0. The quantitative estimate of drug-likeness (QED) is 0.113. The van der Waals surface area contributed by atoms with E-state index in [1.54, 1.807) is 0 Å². The van der Waals surface area contributed by atoms with E-state index < -0.39 is 0 Å². The van der Waals surface area contributed by atoms with Gasteiger partial charge < -0.3 is 19.6 Å². The minimum atomic E-state index is 1.15. The lowest BCUT2D eigenvalue weighted by molar-refractivity contribution is 1.27. The van der Waals surface area contributed by atoms with Crippen LogP contribution in [0.5, 0.6) is 0 Å². The predicted molar refractivity (Wildman–Crippen MR) is 519 cm³/mol. The number of hydrogen-bond donors (Lipinski definition) is 0. The SMILES string of the molecule is Cc1cc(C)cc(N(c2ccc3sc4ccccc4c3c2)c2ccc3ccc4c(N(c5cc(C)cc(C)c5)c5ccc6sc7ccccc7c6c5)ccc5ccc2c3c54)c1.Cc1cccc(N(c2ccc3sc4ccccc4c3c2)c2ccc3ccc4c(N(c5cccc(C)c5)c5ccc6sc7ccccc7c6c5)ccc5ccc2c3c54)c1. The van der Waals surface area contributed by atoms with E-state index in [1.807, 2.05) is 45.3 Å². The Hall–Kier alpha value is -13.4. The topological polar surface area (TPSA) is 13.0 Å². The number of fused-ring (bicyclic) bond motifs is 12. The van der Waals surface area contributed by atoms with Crippen LogP contribution in [0.4, 0.5) is 68.2 Å². The lowest BCUT2D eigenvalue weighted by Crippen LogP contribution is -2.12. The minimum absolute atomic E-state index is 1.15. The number of rotatable bonds is 12. The average Bonchev–Trinajstić information content (AvgIpc) is 1.01. The molecule has 0 saturated heterocycles. The van der Waals surface area contributed by atoms with Crippen LogP contribution in [-0.4, -0.2) is 0 Å². The maximum Gasteiger partial charge on any atom is 0.0540 e.